The maximum atomic E-state index is 12.8. The van der Waals surface area contributed by atoms with Crippen LogP contribution in [0.5, 0.6) is 0 Å². The van der Waals surface area contributed by atoms with Crippen LogP contribution in [0.4, 0.5) is 5.69 Å². The highest BCUT2D eigenvalue weighted by molar-refractivity contribution is 8.00. The molecule has 0 bridgehead atoms. The minimum Gasteiger partial charge on any atom is -0.366 e. The minimum atomic E-state index is -0.552. The Morgan fingerprint density at radius 2 is 1.78 bits per heavy atom. The maximum absolute atomic E-state index is 12.8. The SMILES string of the molecule is CCCCc1nc(SCC(=O)Nc2ccc(C(N)=O)cc2)c2c(=O)n(C)c(=O)n(C)c2n1. The molecule has 0 fully saturated rings. The van der Waals surface area contributed by atoms with E-state index in [0.717, 1.165) is 29.2 Å². The lowest BCUT2D eigenvalue weighted by Crippen LogP contribution is -2.38. The molecule has 0 radical (unpaired) electrons. The molecule has 0 saturated heterocycles. The summed E-state index contributed by atoms with van der Waals surface area (Å²) < 4.78 is 2.32. The van der Waals surface area contributed by atoms with Crippen LogP contribution in [0.25, 0.3) is 11.0 Å². The van der Waals surface area contributed by atoms with Crippen molar-refractivity contribution in [3.05, 3.63) is 56.5 Å². The Morgan fingerprint density at radius 1 is 1.09 bits per heavy atom. The van der Waals surface area contributed by atoms with Crippen molar-refractivity contribution in [1.29, 1.82) is 0 Å². The van der Waals surface area contributed by atoms with Crippen molar-refractivity contribution in [2.24, 2.45) is 19.8 Å². The molecule has 0 saturated carbocycles. The minimum absolute atomic E-state index is 0.0110. The molecule has 0 spiro atoms. The monoisotopic (exact) mass is 456 g/mol. The van der Waals surface area contributed by atoms with Crippen LogP contribution in [0.1, 0.15) is 35.9 Å². The number of hydrogen-bond donors (Lipinski definition) is 2. The average Bonchev–Trinajstić information content (AvgIpc) is 2.78. The molecule has 3 rings (SSSR count). The van der Waals surface area contributed by atoms with Crippen LogP contribution in [-0.2, 0) is 25.3 Å². The van der Waals surface area contributed by atoms with E-state index in [1.54, 1.807) is 19.2 Å². The number of amides is 2. The van der Waals surface area contributed by atoms with Crippen LogP contribution in [0, 0.1) is 0 Å². The van der Waals surface area contributed by atoms with Crippen molar-refractivity contribution < 1.29 is 9.59 Å². The fourth-order valence-corrected chi connectivity index (χ4v) is 3.90. The van der Waals surface area contributed by atoms with Gasteiger partial charge in [-0.2, -0.15) is 0 Å². The molecule has 0 aliphatic rings. The standard InChI is InChI=1S/C21H24N6O4S/c1-4-5-6-14-24-18-16(20(30)27(3)21(31)26(18)2)19(25-14)32-11-15(28)23-13-9-7-12(8-10-13)17(22)29/h7-10H,4-6,11H2,1-3H3,(H2,22,29)(H,23,28). The maximum Gasteiger partial charge on any atom is 0.332 e. The van der Waals surface area contributed by atoms with Crippen molar-refractivity contribution in [3.8, 4) is 0 Å². The molecule has 0 unspecified atom stereocenters. The second kappa shape index (κ2) is 9.77. The summed E-state index contributed by atoms with van der Waals surface area (Å²) in [6, 6.07) is 6.20. The summed E-state index contributed by atoms with van der Waals surface area (Å²) in [5.41, 5.74) is 5.34. The number of primary amides is 1. The number of hydrogen-bond acceptors (Lipinski definition) is 7. The van der Waals surface area contributed by atoms with E-state index in [1.165, 1.54) is 23.7 Å². The number of carbonyl (C=O) groups is 2. The van der Waals surface area contributed by atoms with Crippen molar-refractivity contribution in [1.82, 2.24) is 19.1 Å². The fourth-order valence-electron chi connectivity index (χ4n) is 3.07. The normalized spacial score (nSPS) is 11.0. The summed E-state index contributed by atoms with van der Waals surface area (Å²) in [6.07, 6.45) is 2.40. The number of benzene rings is 1. The lowest BCUT2D eigenvalue weighted by molar-refractivity contribution is -0.113. The van der Waals surface area contributed by atoms with E-state index >= 15 is 0 Å². The van der Waals surface area contributed by atoms with Gasteiger partial charge in [0.05, 0.1) is 5.75 Å². The number of unbranched alkanes of at least 4 members (excludes halogenated alkanes) is 1. The number of nitrogens with two attached hydrogens (primary N) is 1. The number of fused-ring (bicyclic) bond motifs is 1. The van der Waals surface area contributed by atoms with Crippen molar-refractivity contribution >= 4 is 40.3 Å². The van der Waals surface area contributed by atoms with Gasteiger partial charge in [0.2, 0.25) is 11.8 Å². The lowest BCUT2D eigenvalue weighted by Gasteiger charge is -2.12. The first kappa shape index (κ1) is 23.2. The Morgan fingerprint density at radius 3 is 2.41 bits per heavy atom. The van der Waals surface area contributed by atoms with E-state index in [1.807, 2.05) is 6.92 Å². The summed E-state index contributed by atoms with van der Waals surface area (Å²) in [6.45, 7) is 2.04. The number of carbonyl (C=O) groups excluding carboxylic acids is 2. The Labute approximate surface area is 187 Å². The molecule has 10 nitrogen and oxygen atoms in total. The molecule has 2 aromatic heterocycles. The average molecular weight is 457 g/mol. The lowest BCUT2D eigenvalue weighted by atomic mass is 10.2. The number of aromatic nitrogens is 4. The molecule has 0 aliphatic heterocycles. The van der Waals surface area contributed by atoms with Gasteiger partial charge in [-0.25, -0.2) is 14.8 Å². The van der Waals surface area contributed by atoms with Gasteiger partial charge in [-0.15, -0.1) is 0 Å². The van der Waals surface area contributed by atoms with Gasteiger partial charge >= 0.3 is 5.69 Å². The number of anilines is 1. The summed E-state index contributed by atoms with van der Waals surface area (Å²) in [5.74, 6) is -0.357. The Kier molecular flexibility index (Phi) is 7.08. The molecular weight excluding hydrogens is 432 g/mol. The third kappa shape index (κ3) is 4.88. The van der Waals surface area contributed by atoms with Gasteiger partial charge in [0, 0.05) is 31.8 Å². The van der Waals surface area contributed by atoms with E-state index in [0.29, 0.717) is 28.5 Å². The molecule has 3 aromatic rings. The molecule has 0 aliphatic carbocycles. The van der Waals surface area contributed by atoms with E-state index in [9.17, 15) is 19.2 Å². The third-order valence-electron chi connectivity index (χ3n) is 4.86. The highest BCUT2D eigenvalue weighted by Gasteiger charge is 2.18. The number of rotatable bonds is 8. The van der Waals surface area contributed by atoms with Crippen LogP contribution >= 0.6 is 11.8 Å². The molecule has 0 atom stereocenters. The van der Waals surface area contributed by atoms with E-state index in [-0.39, 0.29) is 22.7 Å². The molecule has 168 valence electrons. The van der Waals surface area contributed by atoms with E-state index in [4.69, 9.17) is 5.73 Å². The second-order valence-corrected chi connectivity index (χ2v) is 8.20. The van der Waals surface area contributed by atoms with E-state index in [2.05, 4.69) is 15.3 Å². The molecule has 2 heterocycles. The predicted octanol–water partition coefficient (Wildman–Crippen LogP) is 1.20. The molecule has 32 heavy (non-hydrogen) atoms. The van der Waals surface area contributed by atoms with Gasteiger partial charge in [0.1, 0.15) is 16.2 Å². The number of aryl methyl sites for hydroxylation is 2. The van der Waals surface area contributed by atoms with E-state index < -0.39 is 17.2 Å². The summed E-state index contributed by atoms with van der Waals surface area (Å²) >= 11 is 1.10. The molecular formula is C21H24N6O4S. The Balaban J connectivity index is 1.89. The number of nitrogens with zero attached hydrogens (tertiary/aromatic N) is 4. The van der Waals surface area contributed by atoms with Crippen molar-refractivity contribution in [2.45, 2.75) is 31.2 Å². The highest BCUT2D eigenvalue weighted by Crippen LogP contribution is 2.23. The second-order valence-electron chi connectivity index (χ2n) is 7.23. The topological polar surface area (TPSA) is 142 Å². The fraction of sp³-hybridized carbons (Fsp3) is 0.333. The van der Waals surface area contributed by atoms with Gasteiger partial charge in [-0.3, -0.25) is 23.5 Å². The van der Waals surface area contributed by atoms with Crippen molar-refractivity contribution in [3.63, 3.8) is 0 Å². The molecule has 1 aromatic carbocycles. The largest absolute Gasteiger partial charge is 0.366 e. The summed E-state index contributed by atoms with van der Waals surface area (Å²) in [4.78, 5) is 57.7. The zero-order valence-corrected chi connectivity index (χ0v) is 18.9. The summed E-state index contributed by atoms with van der Waals surface area (Å²) in [7, 11) is 2.95. The first-order valence-electron chi connectivity index (χ1n) is 10.0. The van der Waals surface area contributed by atoms with Gasteiger partial charge in [0.25, 0.3) is 5.56 Å². The van der Waals surface area contributed by atoms with Crippen LogP contribution in [-0.4, -0.2) is 36.7 Å². The van der Waals surface area contributed by atoms with Gasteiger partial charge in [-0.1, -0.05) is 25.1 Å². The molecule has 3 N–H and O–H groups in total. The van der Waals surface area contributed by atoms with Crippen LogP contribution < -0.4 is 22.3 Å². The van der Waals surface area contributed by atoms with Gasteiger partial charge in [-0.05, 0) is 30.7 Å². The summed E-state index contributed by atoms with van der Waals surface area (Å²) in [5, 5.41) is 3.29. The Bertz CT molecular complexity index is 1300. The number of nitrogens with one attached hydrogen (secondary N) is 1. The van der Waals surface area contributed by atoms with Crippen LogP contribution in [0.15, 0.2) is 38.9 Å². The first-order valence-corrected chi connectivity index (χ1v) is 11.0. The Hall–Kier alpha value is -3.47. The zero-order chi connectivity index (χ0) is 23.4. The quantitative estimate of drug-likeness (QED) is 0.383. The van der Waals surface area contributed by atoms with Gasteiger partial charge in [0.15, 0.2) is 5.65 Å². The smallest absolute Gasteiger partial charge is 0.332 e. The molecule has 11 heteroatoms. The van der Waals surface area contributed by atoms with Crippen LogP contribution in [0.2, 0.25) is 0 Å². The molecule has 2 amide bonds. The van der Waals surface area contributed by atoms with Crippen molar-refractivity contribution in [2.75, 3.05) is 11.1 Å². The van der Waals surface area contributed by atoms with Gasteiger partial charge < -0.3 is 11.1 Å². The van der Waals surface area contributed by atoms with Crippen LogP contribution in [0.3, 0.4) is 0 Å². The third-order valence-corrected chi connectivity index (χ3v) is 5.84. The predicted molar refractivity (Wildman–Crippen MR) is 123 cm³/mol. The highest BCUT2D eigenvalue weighted by atomic mass is 32.2. The zero-order valence-electron chi connectivity index (χ0n) is 18.0. The number of thioether (sulfide) groups is 1. The first-order chi connectivity index (χ1) is 15.2.